The van der Waals surface area contributed by atoms with Crippen LogP contribution in [-0.4, -0.2) is 41.6 Å². The van der Waals surface area contributed by atoms with Gasteiger partial charge in [0.25, 0.3) is 0 Å². The zero-order valence-electron chi connectivity index (χ0n) is 18.4. The van der Waals surface area contributed by atoms with Crippen LogP contribution in [0.1, 0.15) is 17.2 Å². The Bertz CT molecular complexity index is 1360. The number of carbonyl (C=O) groups is 1. The maximum Gasteiger partial charge on any atom is 0.420 e. The number of fused-ring (bicyclic) bond motifs is 1. The molecular weight excluding hydrogens is 473 g/mol. The molecule has 0 aliphatic carbocycles. The van der Waals surface area contributed by atoms with Crippen LogP contribution in [0.2, 0.25) is 10.0 Å². The van der Waals surface area contributed by atoms with Gasteiger partial charge in [0, 0.05) is 27.2 Å². The molecule has 1 unspecified atom stereocenters. The SMILES string of the molecule is O=C(Cn1c(=O)oc2cc(Cl)ccc21)N1CC[NH+](C(c2ccccc2)c2ccc(Cl)cc2)CC1. The number of hydrogen-bond acceptors (Lipinski definition) is 3. The topological polar surface area (TPSA) is 59.9 Å². The Hall–Kier alpha value is -3.06. The van der Waals surface area contributed by atoms with E-state index in [0.717, 1.165) is 13.1 Å². The fraction of sp³-hybridized carbons (Fsp3) is 0.231. The van der Waals surface area contributed by atoms with Gasteiger partial charge in [-0.2, -0.15) is 0 Å². The summed E-state index contributed by atoms with van der Waals surface area (Å²) >= 11 is 12.1. The third-order valence-corrected chi connectivity index (χ3v) is 6.91. The molecule has 1 amide bonds. The van der Waals surface area contributed by atoms with E-state index in [4.69, 9.17) is 27.6 Å². The molecule has 0 spiro atoms. The molecule has 1 aromatic heterocycles. The standard InChI is InChI=1S/C26H23Cl2N3O3/c27-20-8-6-19(7-9-20)25(18-4-2-1-3-5-18)30-14-12-29(13-15-30)24(32)17-31-22-11-10-21(28)16-23(22)34-26(31)33/h1-11,16,25H,12-15,17H2/p+1. The molecule has 1 fully saturated rings. The molecule has 0 saturated carbocycles. The van der Waals surface area contributed by atoms with Gasteiger partial charge >= 0.3 is 5.76 Å². The Balaban J connectivity index is 1.31. The third-order valence-electron chi connectivity index (χ3n) is 6.43. The Morgan fingerprint density at radius 1 is 0.912 bits per heavy atom. The summed E-state index contributed by atoms with van der Waals surface area (Å²) in [4.78, 5) is 28.6. The Labute approximate surface area is 206 Å². The first kappa shape index (κ1) is 22.7. The summed E-state index contributed by atoms with van der Waals surface area (Å²) in [6.45, 7) is 2.76. The molecule has 0 radical (unpaired) electrons. The lowest BCUT2D eigenvalue weighted by atomic mass is 9.96. The molecule has 1 N–H and O–H groups in total. The molecule has 4 aromatic rings. The molecule has 1 atom stereocenters. The predicted molar refractivity (Wildman–Crippen MR) is 132 cm³/mol. The summed E-state index contributed by atoms with van der Waals surface area (Å²) in [7, 11) is 0. The first-order valence-corrected chi connectivity index (χ1v) is 12.0. The lowest BCUT2D eigenvalue weighted by molar-refractivity contribution is -0.929. The quantitative estimate of drug-likeness (QED) is 0.460. The second-order valence-electron chi connectivity index (χ2n) is 8.50. The monoisotopic (exact) mass is 496 g/mol. The number of benzene rings is 3. The fourth-order valence-corrected chi connectivity index (χ4v) is 5.01. The van der Waals surface area contributed by atoms with Gasteiger partial charge in [0.2, 0.25) is 5.91 Å². The minimum absolute atomic E-state index is 0.0535. The van der Waals surface area contributed by atoms with Crippen molar-refractivity contribution in [3.8, 4) is 0 Å². The van der Waals surface area contributed by atoms with Crippen molar-refractivity contribution in [1.82, 2.24) is 9.47 Å². The Morgan fingerprint density at radius 2 is 1.56 bits per heavy atom. The number of amides is 1. The van der Waals surface area contributed by atoms with Crippen LogP contribution < -0.4 is 10.7 Å². The lowest BCUT2D eigenvalue weighted by Crippen LogP contribution is -3.15. The summed E-state index contributed by atoms with van der Waals surface area (Å²) < 4.78 is 6.63. The zero-order chi connectivity index (χ0) is 23.7. The molecule has 6 nitrogen and oxygen atoms in total. The van der Waals surface area contributed by atoms with Gasteiger partial charge in [0.05, 0.1) is 31.7 Å². The molecule has 1 saturated heterocycles. The van der Waals surface area contributed by atoms with E-state index in [1.165, 1.54) is 20.6 Å². The zero-order valence-corrected chi connectivity index (χ0v) is 19.9. The van der Waals surface area contributed by atoms with Crippen molar-refractivity contribution in [3.05, 3.63) is 105 Å². The molecule has 174 valence electrons. The average molecular weight is 497 g/mol. The van der Waals surface area contributed by atoms with Gasteiger partial charge in [-0.15, -0.1) is 0 Å². The van der Waals surface area contributed by atoms with E-state index in [1.54, 1.807) is 18.2 Å². The number of hydrogen-bond donors (Lipinski definition) is 1. The van der Waals surface area contributed by atoms with Gasteiger partial charge in [-0.25, -0.2) is 4.79 Å². The van der Waals surface area contributed by atoms with Crippen molar-refractivity contribution in [2.75, 3.05) is 26.2 Å². The lowest BCUT2D eigenvalue weighted by Gasteiger charge is -2.37. The molecule has 8 heteroatoms. The highest BCUT2D eigenvalue weighted by molar-refractivity contribution is 6.31. The number of halogens is 2. The second-order valence-corrected chi connectivity index (χ2v) is 9.37. The molecule has 2 heterocycles. The van der Waals surface area contributed by atoms with Gasteiger partial charge in [-0.3, -0.25) is 9.36 Å². The van der Waals surface area contributed by atoms with Crippen molar-refractivity contribution in [2.24, 2.45) is 0 Å². The normalized spacial score (nSPS) is 15.5. The molecule has 5 rings (SSSR count). The second kappa shape index (κ2) is 9.66. The third kappa shape index (κ3) is 4.62. The highest BCUT2D eigenvalue weighted by Crippen LogP contribution is 2.22. The van der Waals surface area contributed by atoms with Crippen molar-refractivity contribution < 1.29 is 14.1 Å². The van der Waals surface area contributed by atoms with Crippen molar-refractivity contribution in [3.63, 3.8) is 0 Å². The molecular formula is C26H24Cl2N3O3+. The van der Waals surface area contributed by atoms with Crippen molar-refractivity contribution >= 4 is 40.2 Å². The first-order valence-electron chi connectivity index (χ1n) is 11.2. The Morgan fingerprint density at radius 3 is 2.26 bits per heavy atom. The molecule has 1 aliphatic rings. The van der Waals surface area contributed by atoms with E-state index in [9.17, 15) is 9.59 Å². The van der Waals surface area contributed by atoms with E-state index in [-0.39, 0.29) is 18.5 Å². The molecule has 34 heavy (non-hydrogen) atoms. The van der Waals surface area contributed by atoms with Crippen LogP contribution in [0, 0.1) is 0 Å². The van der Waals surface area contributed by atoms with Crippen LogP contribution in [-0.2, 0) is 11.3 Å². The number of rotatable bonds is 5. The maximum atomic E-state index is 13.1. The van der Waals surface area contributed by atoms with Gasteiger partial charge in [0.15, 0.2) is 5.58 Å². The smallest absolute Gasteiger partial charge is 0.408 e. The maximum absolute atomic E-state index is 13.1. The van der Waals surface area contributed by atoms with Crippen LogP contribution in [0.15, 0.2) is 82.0 Å². The number of piperazine rings is 1. The van der Waals surface area contributed by atoms with Gasteiger partial charge in [0.1, 0.15) is 12.6 Å². The fourth-order valence-electron chi connectivity index (χ4n) is 4.72. The molecule has 1 aliphatic heterocycles. The summed E-state index contributed by atoms with van der Waals surface area (Å²) in [6.07, 6.45) is 0. The van der Waals surface area contributed by atoms with Gasteiger partial charge in [-0.1, -0.05) is 65.7 Å². The van der Waals surface area contributed by atoms with E-state index in [1.807, 2.05) is 23.1 Å². The van der Waals surface area contributed by atoms with Crippen LogP contribution in [0.5, 0.6) is 0 Å². The minimum atomic E-state index is -0.554. The summed E-state index contributed by atoms with van der Waals surface area (Å²) in [5.74, 6) is -0.650. The molecule has 0 bridgehead atoms. The number of quaternary nitrogens is 1. The summed E-state index contributed by atoms with van der Waals surface area (Å²) in [5.41, 5.74) is 3.38. The first-order chi connectivity index (χ1) is 16.5. The van der Waals surface area contributed by atoms with Crippen molar-refractivity contribution in [1.29, 1.82) is 0 Å². The van der Waals surface area contributed by atoms with Gasteiger partial charge < -0.3 is 14.2 Å². The predicted octanol–water partition coefficient (Wildman–Crippen LogP) is 3.42. The molecule has 3 aromatic carbocycles. The van der Waals surface area contributed by atoms with E-state index >= 15 is 0 Å². The Kier molecular flexibility index (Phi) is 6.46. The number of nitrogens with zero attached hydrogens (tertiary/aromatic N) is 2. The number of aromatic nitrogens is 1. The van der Waals surface area contributed by atoms with Crippen LogP contribution in [0.25, 0.3) is 11.1 Å². The van der Waals surface area contributed by atoms with E-state index < -0.39 is 5.76 Å². The van der Waals surface area contributed by atoms with Crippen LogP contribution >= 0.6 is 23.2 Å². The number of oxazole rings is 1. The van der Waals surface area contributed by atoms with E-state index in [2.05, 4.69) is 36.4 Å². The minimum Gasteiger partial charge on any atom is -0.408 e. The number of nitrogens with one attached hydrogen (secondary N) is 1. The average Bonchev–Trinajstić information content (AvgIpc) is 3.15. The van der Waals surface area contributed by atoms with Crippen LogP contribution in [0.4, 0.5) is 0 Å². The van der Waals surface area contributed by atoms with Crippen LogP contribution in [0.3, 0.4) is 0 Å². The van der Waals surface area contributed by atoms with E-state index in [0.29, 0.717) is 34.2 Å². The highest BCUT2D eigenvalue weighted by atomic mass is 35.5. The van der Waals surface area contributed by atoms with Crippen molar-refractivity contribution in [2.45, 2.75) is 12.6 Å². The largest absolute Gasteiger partial charge is 0.420 e. The van der Waals surface area contributed by atoms with Gasteiger partial charge in [-0.05, 0) is 24.3 Å². The summed E-state index contributed by atoms with van der Waals surface area (Å²) in [5, 5.41) is 1.19. The highest BCUT2D eigenvalue weighted by Gasteiger charge is 2.32. The summed E-state index contributed by atoms with van der Waals surface area (Å²) in [6, 6.07) is 23.5. The number of carbonyl (C=O) groups excluding carboxylic acids is 1.